The highest BCUT2D eigenvalue weighted by Gasteiger charge is 2.22. The molecule has 1 saturated heterocycles. The second kappa shape index (κ2) is 7.92. The molecular formula is C16H22IN3O2. The van der Waals surface area contributed by atoms with E-state index in [2.05, 4.69) is 46.7 Å². The largest absolute Gasteiger partial charge is 0.343 e. The molecule has 1 fully saturated rings. The first-order valence-corrected chi connectivity index (χ1v) is 8.61. The molecule has 1 aromatic rings. The number of piperazine rings is 1. The summed E-state index contributed by atoms with van der Waals surface area (Å²) in [5, 5.41) is 2.72. The van der Waals surface area contributed by atoms with Crippen molar-refractivity contribution < 1.29 is 9.59 Å². The Hall–Kier alpha value is -1.15. The number of hydrogen-bond acceptors (Lipinski definition) is 3. The van der Waals surface area contributed by atoms with Crippen LogP contribution in [-0.2, 0) is 4.79 Å². The van der Waals surface area contributed by atoms with Crippen LogP contribution < -0.4 is 5.32 Å². The fourth-order valence-corrected chi connectivity index (χ4v) is 3.13. The van der Waals surface area contributed by atoms with Crippen molar-refractivity contribution >= 4 is 34.4 Å². The highest BCUT2D eigenvalue weighted by Crippen LogP contribution is 2.11. The summed E-state index contributed by atoms with van der Waals surface area (Å²) >= 11 is 2.12. The molecule has 1 aromatic carbocycles. The first-order valence-electron chi connectivity index (χ1n) is 7.53. The van der Waals surface area contributed by atoms with Crippen LogP contribution in [0.3, 0.4) is 0 Å². The molecule has 5 nitrogen and oxygen atoms in total. The van der Waals surface area contributed by atoms with Gasteiger partial charge >= 0.3 is 0 Å². The van der Waals surface area contributed by atoms with Crippen LogP contribution in [0.15, 0.2) is 24.3 Å². The minimum Gasteiger partial charge on any atom is -0.343 e. The van der Waals surface area contributed by atoms with Crippen molar-refractivity contribution in [2.45, 2.75) is 19.9 Å². The molecule has 1 N–H and O–H groups in total. The molecule has 0 radical (unpaired) electrons. The average molecular weight is 415 g/mol. The van der Waals surface area contributed by atoms with Crippen molar-refractivity contribution in [3.8, 4) is 0 Å². The molecule has 0 unspecified atom stereocenters. The van der Waals surface area contributed by atoms with E-state index in [4.69, 9.17) is 0 Å². The summed E-state index contributed by atoms with van der Waals surface area (Å²) in [5.41, 5.74) is 0.612. The van der Waals surface area contributed by atoms with Crippen LogP contribution in [0.2, 0.25) is 0 Å². The van der Waals surface area contributed by atoms with Gasteiger partial charge in [-0.15, -0.1) is 0 Å². The molecule has 0 aliphatic carbocycles. The van der Waals surface area contributed by atoms with Crippen molar-refractivity contribution in [2.75, 3.05) is 32.7 Å². The van der Waals surface area contributed by atoms with Crippen LogP contribution in [0.4, 0.5) is 0 Å². The highest BCUT2D eigenvalue weighted by atomic mass is 127. The fraction of sp³-hybridized carbons (Fsp3) is 0.500. The van der Waals surface area contributed by atoms with Crippen molar-refractivity contribution in [1.82, 2.24) is 15.1 Å². The standard InChI is InChI=1S/C16H22IN3O2/c1-12(2)19-7-9-20(10-8-19)15(21)11-18-16(22)13-5-3-4-6-14(13)17/h3-6,12H,7-11H2,1-2H3,(H,18,22). The van der Waals surface area contributed by atoms with Crippen LogP contribution in [0, 0.1) is 3.57 Å². The Morgan fingerprint density at radius 1 is 1.18 bits per heavy atom. The Balaban J connectivity index is 1.81. The van der Waals surface area contributed by atoms with Crippen LogP contribution in [-0.4, -0.2) is 60.4 Å². The molecule has 0 saturated carbocycles. The summed E-state index contributed by atoms with van der Waals surface area (Å²) in [6.07, 6.45) is 0. The van der Waals surface area contributed by atoms with Crippen LogP contribution in [0.5, 0.6) is 0 Å². The van der Waals surface area contributed by atoms with E-state index in [9.17, 15) is 9.59 Å². The minimum absolute atomic E-state index is 0.0114. The monoisotopic (exact) mass is 415 g/mol. The Kier molecular flexibility index (Phi) is 6.19. The third-order valence-electron chi connectivity index (χ3n) is 3.92. The van der Waals surface area contributed by atoms with Gasteiger partial charge in [0.2, 0.25) is 5.91 Å². The fourth-order valence-electron chi connectivity index (χ4n) is 2.50. The van der Waals surface area contributed by atoms with Gasteiger partial charge in [-0.05, 0) is 48.6 Å². The number of carbonyl (C=O) groups is 2. The maximum absolute atomic E-state index is 12.2. The topological polar surface area (TPSA) is 52.6 Å². The van der Waals surface area contributed by atoms with E-state index < -0.39 is 0 Å². The normalized spacial score (nSPS) is 15.9. The van der Waals surface area contributed by atoms with Crippen molar-refractivity contribution in [3.63, 3.8) is 0 Å². The van der Waals surface area contributed by atoms with Gasteiger partial charge in [0, 0.05) is 35.8 Å². The van der Waals surface area contributed by atoms with Crippen LogP contribution in [0.1, 0.15) is 24.2 Å². The van der Waals surface area contributed by atoms with E-state index in [0.29, 0.717) is 11.6 Å². The van der Waals surface area contributed by atoms with Crippen LogP contribution in [0.25, 0.3) is 0 Å². The summed E-state index contributed by atoms with van der Waals surface area (Å²) < 4.78 is 0.885. The van der Waals surface area contributed by atoms with Gasteiger partial charge in [0.15, 0.2) is 0 Å². The predicted molar refractivity (Wildman–Crippen MR) is 94.8 cm³/mol. The molecule has 2 amide bonds. The molecule has 120 valence electrons. The molecule has 1 heterocycles. The van der Waals surface area contributed by atoms with E-state index >= 15 is 0 Å². The van der Waals surface area contributed by atoms with Gasteiger partial charge in [-0.1, -0.05) is 12.1 Å². The van der Waals surface area contributed by atoms with Gasteiger partial charge in [-0.3, -0.25) is 14.5 Å². The van der Waals surface area contributed by atoms with E-state index in [1.807, 2.05) is 23.1 Å². The SMILES string of the molecule is CC(C)N1CCN(C(=O)CNC(=O)c2ccccc2I)CC1. The summed E-state index contributed by atoms with van der Waals surface area (Å²) in [5.74, 6) is -0.207. The molecule has 0 aromatic heterocycles. The molecule has 0 spiro atoms. The number of carbonyl (C=O) groups excluding carboxylic acids is 2. The van der Waals surface area contributed by atoms with E-state index in [-0.39, 0.29) is 18.4 Å². The highest BCUT2D eigenvalue weighted by molar-refractivity contribution is 14.1. The van der Waals surface area contributed by atoms with Crippen molar-refractivity contribution in [1.29, 1.82) is 0 Å². The lowest BCUT2D eigenvalue weighted by molar-refractivity contribution is -0.132. The zero-order valence-electron chi connectivity index (χ0n) is 13.0. The Labute approximate surface area is 145 Å². The first-order chi connectivity index (χ1) is 10.5. The number of rotatable bonds is 4. The predicted octanol–water partition coefficient (Wildman–Crippen LogP) is 1.57. The smallest absolute Gasteiger partial charge is 0.252 e. The molecule has 0 atom stereocenters. The summed E-state index contributed by atoms with van der Waals surface area (Å²) in [7, 11) is 0. The lowest BCUT2D eigenvalue weighted by Crippen LogP contribution is -2.52. The number of halogens is 1. The quantitative estimate of drug-likeness (QED) is 0.760. The molecule has 1 aliphatic rings. The second-order valence-corrected chi connectivity index (χ2v) is 6.84. The average Bonchev–Trinajstić information content (AvgIpc) is 2.52. The van der Waals surface area contributed by atoms with Gasteiger partial charge in [0.25, 0.3) is 5.91 Å². The van der Waals surface area contributed by atoms with Crippen molar-refractivity contribution in [2.24, 2.45) is 0 Å². The number of benzene rings is 1. The van der Waals surface area contributed by atoms with Gasteiger partial charge in [0.1, 0.15) is 0 Å². The zero-order chi connectivity index (χ0) is 16.1. The molecule has 22 heavy (non-hydrogen) atoms. The maximum atomic E-state index is 12.2. The Morgan fingerprint density at radius 3 is 2.41 bits per heavy atom. The Morgan fingerprint density at radius 2 is 1.82 bits per heavy atom. The maximum Gasteiger partial charge on any atom is 0.252 e. The lowest BCUT2D eigenvalue weighted by Gasteiger charge is -2.36. The van der Waals surface area contributed by atoms with E-state index in [0.717, 1.165) is 29.7 Å². The third kappa shape index (κ3) is 4.42. The Bertz CT molecular complexity index is 540. The van der Waals surface area contributed by atoms with Gasteiger partial charge in [0.05, 0.1) is 12.1 Å². The van der Waals surface area contributed by atoms with Crippen LogP contribution >= 0.6 is 22.6 Å². The molecule has 2 rings (SSSR count). The lowest BCUT2D eigenvalue weighted by atomic mass is 10.2. The molecule has 0 bridgehead atoms. The summed E-state index contributed by atoms with van der Waals surface area (Å²) in [6, 6.07) is 7.87. The van der Waals surface area contributed by atoms with E-state index in [1.54, 1.807) is 6.07 Å². The zero-order valence-corrected chi connectivity index (χ0v) is 15.2. The minimum atomic E-state index is -0.195. The van der Waals surface area contributed by atoms with Gasteiger partial charge in [-0.2, -0.15) is 0 Å². The molecule has 6 heteroatoms. The van der Waals surface area contributed by atoms with Crippen molar-refractivity contribution in [3.05, 3.63) is 33.4 Å². The van der Waals surface area contributed by atoms with Gasteiger partial charge < -0.3 is 10.2 Å². The molecular weight excluding hydrogens is 393 g/mol. The summed E-state index contributed by atoms with van der Waals surface area (Å²) in [6.45, 7) is 7.65. The number of nitrogens with zero attached hydrogens (tertiary/aromatic N) is 2. The van der Waals surface area contributed by atoms with Gasteiger partial charge in [-0.25, -0.2) is 0 Å². The third-order valence-corrected chi connectivity index (χ3v) is 4.86. The number of hydrogen-bond donors (Lipinski definition) is 1. The number of nitrogens with one attached hydrogen (secondary N) is 1. The first kappa shape index (κ1) is 17.2. The second-order valence-electron chi connectivity index (χ2n) is 5.67. The van der Waals surface area contributed by atoms with E-state index in [1.165, 1.54) is 0 Å². The molecule has 1 aliphatic heterocycles. The number of amides is 2. The summed E-state index contributed by atoms with van der Waals surface area (Å²) in [4.78, 5) is 28.5.